The standard InChI is InChI=1S/C20H18FN3O5S/c1-2-28-20(27)16-13-10-30-18(22-17(25)14-7-4-8-29-14)15(13)19(26)24(23-16)12-6-3-5-11(21)9-12/h3,5-6,9-10,14H,2,4,7-8H2,1H3,(H,22,25). The van der Waals surface area contributed by atoms with Gasteiger partial charge in [-0.2, -0.15) is 9.78 Å². The summed E-state index contributed by atoms with van der Waals surface area (Å²) in [4.78, 5) is 38.2. The summed E-state index contributed by atoms with van der Waals surface area (Å²) in [5.41, 5.74) is -0.535. The van der Waals surface area contributed by atoms with Gasteiger partial charge in [-0.1, -0.05) is 6.07 Å². The lowest BCUT2D eigenvalue weighted by molar-refractivity contribution is -0.124. The molecule has 0 radical (unpaired) electrons. The fourth-order valence-corrected chi connectivity index (χ4v) is 4.19. The number of hydrogen-bond donors (Lipinski definition) is 1. The molecular formula is C20H18FN3O5S. The minimum atomic E-state index is -0.720. The highest BCUT2D eigenvalue weighted by atomic mass is 32.1. The largest absolute Gasteiger partial charge is 0.461 e. The Bertz CT molecular complexity index is 1180. The van der Waals surface area contributed by atoms with E-state index in [4.69, 9.17) is 9.47 Å². The second-order valence-corrected chi connectivity index (χ2v) is 7.49. The predicted octanol–water partition coefficient (Wildman–Crippen LogP) is 2.88. The number of anilines is 1. The first-order valence-corrected chi connectivity index (χ1v) is 10.3. The fraction of sp³-hybridized carbons (Fsp3) is 0.300. The molecular weight excluding hydrogens is 413 g/mol. The van der Waals surface area contributed by atoms with Crippen LogP contribution in [0.4, 0.5) is 9.39 Å². The highest BCUT2D eigenvalue weighted by molar-refractivity contribution is 7.16. The number of carbonyl (C=O) groups is 2. The molecule has 1 atom stereocenters. The van der Waals surface area contributed by atoms with Gasteiger partial charge in [-0.15, -0.1) is 11.3 Å². The Morgan fingerprint density at radius 1 is 1.43 bits per heavy atom. The number of amides is 1. The Balaban J connectivity index is 1.87. The molecule has 0 saturated carbocycles. The quantitative estimate of drug-likeness (QED) is 0.624. The van der Waals surface area contributed by atoms with Gasteiger partial charge in [-0.3, -0.25) is 9.59 Å². The molecule has 4 rings (SSSR count). The van der Waals surface area contributed by atoms with Crippen molar-refractivity contribution < 1.29 is 23.5 Å². The molecule has 1 unspecified atom stereocenters. The molecule has 3 aromatic rings. The molecule has 30 heavy (non-hydrogen) atoms. The van der Waals surface area contributed by atoms with E-state index in [1.807, 2.05) is 0 Å². The molecule has 1 fully saturated rings. The van der Waals surface area contributed by atoms with Gasteiger partial charge in [0, 0.05) is 17.4 Å². The van der Waals surface area contributed by atoms with Gasteiger partial charge in [0.2, 0.25) is 0 Å². The van der Waals surface area contributed by atoms with Gasteiger partial charge < -0.3 is 14.8 Å². The Hall–Kier alpha value is -3.11. The first-order valence-electron chi connectivity index (χ1n) is 9.39. The summed E-state index contributed by atoms with van der Waals surface area (Å²) >= 11 is 1.10. The second-order valence-electron chi connectivity index (χ2n) is 6.61. The molecule has 0 bridgehead atoms. The minimum absolute atomic E-state index is 0.0930. The summed E-state index contributed by atoms with van der Waals surface area (Å²) in [6, 6.07) is 5.29. The van der Waals surface area contributed by atoms with E-state index in [1.165, 1.54) is 18.2 Å². The Kier molecular flexibility index (Phi) is 5.60. The molecule has 156 valence electrons. The second kappa shape index (κ2) is 8.33. The van der Waals surface area contributed by atoms with Gasteiger partial charge in [0.1, 0.15) is 16.9 Å². The molecule has 0 spiro atoms. The van der Waals surface area contributed by atoms with Crippen LogP contribution in [0.15, 0.2) is 34.4 Å². The Labute approximate surface area is 174 Å². The molecule has 1 aliphatic heterocycles. The summed E-state index contributed by atoms with van der Waals surface area (Å²) in [5.74, 6) is -1.64. The molecule has 10 heteroatoms. The molecule has 1 aromatic carbocycles. The zero-order valence-electron chi connectivity index (χ0n) is 16.0. The van der Waals surface area contributed by atoms with Crippen molar-refractivity contribution in [3.8, 4) is 5.69 Å². The average Bonchev–Trinajstić information content (AvgIpc) is 3.39. The van der Waals surface area contributed by atoms with Crippen LogP contribution in [0.25, 0.3) is 16.5 Å². The van der Waals surface area contributed by atoms with Gasteiger partial charge >= 0.3 is 5.97 Å². The van der Waals surface area contributed by atoms with Gasteiger partial charge in [0.05, 0.1) is 17.7 Å². The van der Waals surface area contributed by atoms with Crippen molar-refractivity contribution in [2.24, 2.45) is 0 Å². The van der Waals surface area contributed by atoms with Crippen LogP contribution < -0.4 is 10.9 Å². The number of nitrogens with zero attached hydrogens (tertiary/aromatic N) is 2. The number of hydrogen-bond acceptors (Lipinski definition) is 7. The zero-order chi connectivity index (χ0) is 21.3. The molecule has 1 amide bonds. The van der Waals surface area contributed by atoms with Gasteiger partial charge in [-0.05, 0) is 38.0 Å². The van der Waals surface area contributed by atoms with Crippen molar-refractivity contribution in [3.05, 3.63) is 51.5 Å². The third kappa shape index (κ3) is 3.71. The lowest BCUT2D eigenvalue weighted by Crippen LogP contribution is -2.28. The maximum absolute atomic E-state index is 13.7. The van der Waals surface area contributed by atoms with E-state index < -0.39 is 23.4 Å². The van der Waals surface area contributed by atoms with Crippen LogP contribution in [0.2, 0.25) is 0 Å². The molecule has 0 aliphatic carbocycles. The zero-order valence-corrected chi connectivity index (χ0v) is 16.8. The summed E-state index contributed by atoms with van der Waals surface area (Å²) < 4.78 is 25.1. The molecule has 1 saturated heterocycles. The van der Waals surface area contributed by atoms with Crippen molar-refractivity contribution in [3.63, 3.8) is 0 Å². The molecule has 1 aliphatic rings. The topological polar surface area (TPSA) is 99.5 Å². The molecule has 8 nitrogen and oxygen atoms in total. The third-order valence-electron chi connectivity index (χ3n) is 4.63. The van der Waals surface area contributed by atoms with Crippen LogP contribution in [0.1, 0.15) is 30.3 Å². The van der Waals surface area contributed by atoms with Crippen LogP contribution in [-0.2, 0) is 14.3 Å². The molecule has 1 N–H and O–H groups in total. The first-order chi connectivity index (χ1) is 14.5. The van der Waals surface area contributed by atoms with E-state index in [-0.39, 0.29) is 39.7 Å². The average molecular weight is 431 g/mol. The number of halogens is 1. The van der Waals surface area contributed by atoms with E-state index in [0.717, 1.165) is 28.5 Å². The van der Waals surface area contributed by atoms with Crippen molar-refractivity contribution >= 4 is 39.0 Å². The monoisotopic (exact) mass is 431 g/mol. The van der Waals surface area contributed by atoms with Crippen molar-refractivity contribution in [2.75, 3.05) is 18.5 Å². The van der Waals surface area contributed by atoms with E-state index in [1.54, 1.807) is 12.3 Å². The Morgan fingerprint density at radius 3 is 2.97 bits per heavy atom. The summed E-state index contributed by atoms with van der Waals surface area (Å²) in [5, 5.41) is 9.06. The number of carbonyl (C=O) groups excluding carboxylic acids is 2. The van der Waals surface area contributed by atoms with Crippen molar-refractivity contribution in [1.82, 2.24) is 9.78 Å². The number of fused-ring (bicyclic) bond motifs is 1. The van der Waals surface area contributed by atoms with Gasteiger partial charge in [0.15, 0.2) is 5.69 Å². The maximum Gasteiger partial charge on any atom is 0.359 e. The maximum atomic E-state index is 13.7. The smallest absolute Gasteiger partial charge is 0.359 e. The number of esters is 1. The van der Waals surface area contributed by atoms with Crippen LogP contribution in [0, 0.1) is 5.82 Å². The van der Waals surface area contributed by atoms with Crippen LogP contribution >= 0.6 is 11.3 Å². The van der Waals surface area contributed by atoms with Crippen molar-refractivity contribution in [1.29, 1.82) is 0 Å². The molecule has 2 aromatic heterocycles. The Morgan fingerprint density at radius 2 is 2.27 bits per heavy atom. The normalized spacial score (nSPS) is 16.0. The van der Waals surface area contributed by atoms with Crippen LogP contribution in [0.5, 0.6) is 0 Å². The summed E-state index contributed by atoms with van der Waals surface area (Å²) in [7, 11) is 0. The number of benzene rings is 1. The highest BCUT2D eigenvalue weighted by Gasteiger charge is 2.27. The summed E-state index contributed by atoms with van der Waals surface area (Å²) in [6.07, 6.45) is 0.796. The summed E-state index contributed by atoms with van der Waals surface area (Å²) in [6.45, 7) is 2.28. The number of rotatable bonds is 5. The third-order valence-corrected chi connectivity index (χ3v) is 5.53. The van der Waals surface area contributed by atoms with Crippen molar-refractivity contribution in [2.45, 2.75) is 25.9 Å². The SMILES string of the molecule is CCOC(=O)c1nn(-c2cccc(F)c2)c(=O)c2c(NC(=O)C3CCCO3)scc12. The van der Waals surface area contributed by atoms with E-state index >= 15 is 0 Å². The lowest BCUT2D eigenvalue weighted by Gasteiger charge is -2.11. The molecule has 3 heterocycles. The van der Waals surface area contributed by atoms with Gasteiger partial charge in [0.25, 0.3) is 11.5 Å². The highest BCUT2D eigenvalue weighted by Crippen LogP contribution is 2.31. The van der Waals surface area contributed by atoms with E-state index in [2.05, 4.69) is 10.4 Å². The lowest BCUT2D eigenvalue weighted by atomic mass is 10.2. The predicted molar refractivity (Wildman–Crippen MR) is 109 cm³/mol. The van der Waals surface area contributed by atoms with Crippen LogP contribution in [-0.4, -0.2) is 41.0 Å². The van der Waals surface area contributed by atoms with E-state index in [9.17, 15) is 18.8 Å². The number of nitrogens with one attached hydrogen (secondary N) is 1. The number of aromatic nitrogens is 2. The fourth-order valence-electron chi connectivity index (χ4n) is 3.25. The number of ether oxygens (including phenoxy) is 2. The number of thiophene rings is 1. The first kappa shape index (κ1) is 20.2. The minimum Gasteiger partial charge on any atom is -0.461 e. The van der Waals surface area contributed by atoms with E-state index in [0.29, 0.717) is 13.0 Å². The van der Waals surface area contributed by atoms with Crippen LogP contribution in [0.3, 0.4) is 0 Å². The van der Waals surface area contributed by atoms with Gasteiger partial charge in [-0.25, -0.2) is 9.18 Å².